The van der Waals surface area contributed by atoms with Crippen LogP contribution in [0.1, 0.15) is 69.9 Å². The summed E-state index contributed by atoms with van der Waals surface area (Å²) in [4.78, 5) is 17.9. The van der Waals surface area contributed by atoms with Crippen LogP contribution in [0.3, 0.4) is 0 Å². The zero-order valence-electron chi connectivity index (χ0n) is 20.0. The van der Waals surface area contributed by atoms with Gasteiger partial charge in [0.25, 0.3) is 0 Å². The smallest absolute Gasteiger partial charge is 0.416 e. The van der Waals surface area contributed by atoms with Crippen molar-refractivity contribution >= 4 is 5.91 Å². The first-order valence-corrected chi connectivity index (χ1v) is 12.4. The number of rotatable bonds is 5. The van der Waals surface area contributed by atoms with Gasteiger partial charge in [0.15, 0.2) is 6.73 Å². The highest BCUT2D eigenvalue weighted by Crippen LogP contribution is 2.48. The van der Waals surface area contributed by atoms with Gasteiger partial charge in [0.2, 0.25) is 5.91 Å². The number of ether oxygens (including phenoxy) is 1. The second kappa shape index (κ2) is 9.77. The van der Waals surface area contributed by atoms with Gasteiger partial charge >= 0.3 is 6.18 Å². The van der Waals surface area contributed by atoms with E-state index < -0.39 is 17.2 Å². The van der Waals surface area contributed by atoms with Crippen molar-refractivity contribution in [3.63, 3.8) is 0 Å². The molecule has 1 amide bonds. The standard InChI is InChI=1S/C26H34F3N3O2/c1-18(2)25(10-7-22(15-25)31-12-8-19(9-13-31)4-3-11-30)24(33)32-16-20-14-21(26(27,28)29)5-6-23(20)34-17-32/h5-6,14,18-19,22H,3-4,7-10,12-13,15-17H2,1-2H3/t22-,25+/m1/s1. The molecule has 186 valence electrons. The van der Waals surface area contributed by atoms with E-state index in [4.69, 9.17) is 10.00 Å². The van der Waals surface area contributed by atoms with Crippen molar-refractivity contribution in [3.05, 3.63) is 29.3 Å². The van der Waals surface area contributed by atoms with Gasteiger partial charge in [0, 0.05) is 18.0 Å². The van der Waals surface area contributed by atoms with Crippen LogP contribution in [0.2, 0.25) is 0 Å². The number of halogens is 3. The number of carbonyl (C=O) groups is 1. The Kier molecular flexibility index (Phi) is 7.14. The minimum atomic E-state index is -4.43. The summed E-state index contributed by atoms with van der Waals surface area (Å²) in [6.45, 7) is 6.37. The number of amides is 1. The van der Waals surface area contributed by atoms with Gasteiger partial charge in [-0.05, 0) is 81.6 Å². The number of hydrogen-bond donors (Lipinski definition) is 0. The molecule has 0 radical (unpaired) electrons. The summed E-state index contributed by atoms with van der Waals surface area (Å²) in [7, 11) is 0. The fourth-order valence-corrected chi connectivity index (χ4v) is 6.07. The summed E-state index contributed by atoms with van der Waals surface area (Å²) in [5.74, 6) is 1.15. The molecular formula is C26H34F3N3O2. The number of carbonyl (C=O) groups excluding carboxylic acids is 1. The third kappa shape index (κ3) is 4.91. The van der Waals surface area contributed by atoms with Crippen LogP contribution in [0.4, 0.5) is 13.2 Å². The predicted molar refractivity (Wildman–Crippen MR) is 122 cm³/mol. The lowest BCUT2D eigenvalue weighted by Gasteiger charge is -2.41. The van der Waals surface area contributed by atoms with Crippen LogP contribution < -0.4 is 4.74 Å². The van der Waals surface area contributed by atoms with Crippen molar-refractivity contribution in [3.8, 4) is 11.8 Å². The van der Waals surface area contributed by atoms with Gasteiger partial charge in [0.05, 0.1) is 23.6 Å². The average molecular weight is 478 g/mol. The highest BCUT2D eigenvalue weighted by Gasteiger charge is 2.51. The number of nitriles is 1. The van der Waals surface area contributed by atoms with Gasteiger partial charge in [0.1, 0.15) is 5.75 Å². The fraction of sp³-hybridized carbons (Fsp3) is 0.692. The second-order valence-electron chi connectivity index (χ2n) is 10.5. The van der Waals surface area contributed by atoms with Crippen molar-refractivity contribution in [1.29, 1.82) is 5.26 Å². The molecule has 1 aromatic rings. The first-order chi connectivity index (χ1) is 16.1. The molecule has 1 aliphatic carbocycles. The molecule has 0 spiro atoms. The largest absolute Gasteiger partial charge is 0.473 e. The first-order valence-electron chi connectivity index (χ1n) is 12.4. The molecule has 1 saturated carbocycles. The Balaban J connectivity index is 1.44. The maximum absolute atomic E-state index is 13.8. The summed E-state index contributed by atoms with van der Waals surface area (Å²) in [6, 6.07) is 6.07. The van der Waals surface area contributed by atoms with Crippen molar-refractivity contribution in [1.82, 2.24) is 9.80 Å². The number of nitrogens with zero attached hydrogens (tertiary/aromatic N) is 3. The van der Waals surface area contributed by atoms with Crippen molar-refractivity contribution in [2.75, 3.05) is 19.8 Å². The summed E-state index contributed by atoms with van der Waals surface area (Å²) in [5, 5.41) is 8.84. The lowest BCUT2D eigenvalue weighted by Crippen LogP contribution is -2.49. The molecule has 2 heterocycles. The summed E-state index contributed by atoms with van der Waals surface area (Å²) in [6.07, 6.45) is 1.86. The third-order valence-electron chi connectivity index (χ3n) is 8.30. The van der Waals surface area contributed by atoms with E-state index in [-0.39, 0.29) is 25.1 Å². The Morgan fingerprint density at radius 3 is 2.65 bits per heavy atom. The number of likely N-dealkylation sites (tertiary alicyclic amines) is 1. The molecule has 0 N–H and O–H groups in total. The van der Waals surface area contributed by atoms with Crippen LogP contribution >= 0.6 is 0 Å². The lowest BCUT2D eigenvalue weighted by molar-refractivity contribution is -0.150. The van der Waals surface area contributed by atoms with Gasteiger partial charge in [-0.2, -0.15) is 18.4 Å². The number of benzene rings is 1. The maximum atomic E-state index is 13.8. The van der Waals surface area contributed by atoms with Gasteiger partial charge in [-0.3, -0.25) is 4.79 Å². The first kappa shape index (κ1) is 24.8. The minimum Gasteiger partial charge on any atom is -0.473 e. The van der Waals surface area contributed by atoms with E-state index in [1.54, 1.807) is 4.90 Å². The van der Waals surface area contributed by atoms with E-state index >= 15 is 0 Å². The Morgan fingerprint density at radius 2 is 2.00 bits per heavy atom. The van der Waals surface area contributed by atoms with Crippen LogP contribution in [0.25, 0.3) is 0 Å². The molecule has 2 atom stereocenters. The molecule has 0 unspecified atom stereocenters. The minimum absolute atomic E-state index is 0.00281. The molecule has 0 aromatic heterocycles. The topological polar surface area (TPSA) is 56.6 Å². The van der Waals surface area contributed by atoms with E-state index in [1.165, 1.54) is 6.07 Å². The number of alkyl halides is 3. The third-order valence-corrected chi connectivity index (χ3v) is 8.30. The molecule has 1 saturated heterocycles. The number of fused-ring (bicyclic) bond motifs is 1. The highest BCUT2D eigenvalue weighted by molar-refractivity contribution is 5.83. The van der Waals surface area contributed by atoms with Crippen molar-refractivity contribution < 1.29 is 22.7 Å². The van der Waals surface area contributed by atoms with E-state index in [2.05, 4.69) is 24.8 Å². The number of hydrogen-bond acceptors (Lipinski definition) is 4. The molecule has 2 aliphatic heterocycles. The van der Waals surface area contributed by atoms with Crippen LogP contribution in [-0.4, -0.2) is 41.6 Å². The second-order valence-corrected chi connectivity index (χ2v) is 10.5. The number of piperidine rings is 1. The van der Waals surface area contributed by atoms with Crippen LogP contribution in [-0.2, 0) is 17.5 Å². The van der Waals surface area contributed by atoms with Gasteiger partial charge in [-0.1, -0.05) is 13.8 Å². The van der Waals surface area contributed by atoms with Crippen LogP contribution in [0, 0.1) is 28.6 Å². The SMILES string of the molecule is CC(C)[C@]1(C(=O)N2COc3ccc(C(F)(F)F)cc3C2)CC[C@@H](N2CCC(CCC#N)CC2)C1. The molecule has 8 heteroatoms. The monoisotopic (exact) mass is 477 g/mol. The van der Waals surface area contributed by atoms with E-state index in [0.29, 0.717) is 29.7 Å². The summed E-state index contributed by atoms with van der Waals surface area (Å²) < 4.78 is 45.3. The fourth-order valence-electron chi connectivity index (χ4n) is 6.07. The van der Waals surface area contributed by atoms with Gasteiger partial charge < -0.3 is 14.5 Å². The van der Waals surface area contributed by atoms with E-state index in [1.807, 2.05) is 0 Å². The lowest BCUT2D eigenvalue weighted by atomic mass is 9.74. The predicted octanol–water partition coefficient (Wildman–Crippen LogP) is 5.59. The quantitative estimate of drug-likeness (QED) is 0.554. The maximum Gasteiger partial charge on any atom is 0.416 e. The molecule has 1 aromatic carbocycles. The Morgan fingerprint density at radius 1 is 1.26 bits per heavy atom. The Hall–Kier alpha value is -2.27. The molecule has 34 heavy (non-hydrogen) atoms. The van der Waals surface area contributed by atoms with Gasteiger partial charge in [-0.15, -0.1) is 0 Å². The Bertz CT molecular complexity index is 934. The summed E-state index contributed by atoms with van der Waals surface area (Å²) in [5.41, 5.74) is -0.839. The Labute approximate surface area is 199 Å². The molecule has 5 nitrogen and oxygen atoms in total. The molecule has 4 rings (SSSR count). The van der Waals surface area contributed by atoms with Crippen molar-refractivity contribution in [2.24, 2.45) is 17.3 Å². The normalized spacial score (nSPS) is 26.3. The molecule has 0 bridgehead atoms. The highest BCUT2D eigenvalue weighted by atomic mass is 19.4. The average Bonchev–Trinajstić information content (AvgIpc) is 3.28. The molecule has 2 fully saturated rings. The summed E-state index contributed by atoms with van der Waals surface area (Å²) >= 11 is 0. The zero-order valence-corrected chi connectivity index (χ0v) is 20.0. The van der Waals surface area contributed by atoms with Crippen molar-refractivity contribution in [2.45, 2.75) is 77.6 Å². The van der Waals surface area contributed by atoms with Gasteiger partial charge in [-0.25, -0.2) is 0 Å². The van der Waals surface area contributed by atoms with E-state index in [0.717, 1.165) is 63.7 Å². The molecule has 3 aliphatic rings. The zero-order chi connectivity index (χ0) is 24.5. The van der Waals surface area contributed by atoms with E-state index in [9.17, 15) is 18.0 Å². The molecular weight excluding hydrogens is 443 g/mol. The van der Waals surface area contributed by atoms with Crippen LogP contribution in [0.5, 0.6) is 5.75 Å². The van der Waals surface area contributed by atoms with Crippen LogP contribution in [0.15, 0.2) is 18.2 Å².